The van der Waals surface area contributed by atoms with Gasteiger partial charge < -0.3 is 4.67 Å². The van der Waals surface area contributed by atoms with E-state index >= 15 is 0 Å². The van der Waals surface area contributed by atoms with Gasteiger partial charge in [-0.2, -0.15) is 0 Å². The van der Waals surface area contributed by atoms with Crippen LogP contribution < -0.4 is 4.67 Å². The molecule has 4 rings (SSSR count). The monoisotopic (exact) mass is 275 g/mol. The summed E-state index contributed by atoms with van der Waals surface area (Å²) < 4.78 is 8.27. The van der Waals surface area contributed by atoms with Gasteiger partial charge in [0, 0.05) is 37.9 Å². The van der Waals surface area contributed by atoms with E-state index in [-0.39, 0.29) is 8.37 Å². The molecule has 0 N–H and O–H groups in total. The van der Waals surface area contributed by atoms with Gasteiger partial charge in [0.1, 0.15) is 8.37 Å². The lowest BCUT2D eigenvalue weighted by atomic mass is 10.2. The highest BCUT2D eigenvalue weighted by Crippen LogP contribution is 2.59. The van der Waals surface area contributed by atoms with Gasteiger partial charge in [-0.3, -0.25) is 4.67 Å². The van der Waals surface area contributed by atoms with E-state index < -0.39 is 0 Å². The van der Waals surface area contributed by atoms with Crippen LogP contribution in [0, 0.1) is 0 Å². The number of hydrogen-bond donors (Lipinski definition) is 0. The lowest BCUT2D eigenvalue weighted by molar-refractivity contribution is 0.432. The summed E-state index contributed by atoms with van der Waals surface area (Å²) in [6.07, 6.45) is 5.58. The van der Waals surface area contributed by atoms with E-state index in [2.05, 4.69) is 44.3 Å². The second-order valence-electron chi connectivity index (χ2n) is 5.81. The smallest absolute Gasteiger partial charge is 0.149 e. The van der Waals surface area contributed by atoms with E-state index in [9.17, 15) is 0 Å². The molecule has 4 heteroatoms. The van der Waals surface area contributed by atoms with Crippen molar-refractivity contribution in [1.29, 1.82) is 0 Å². The first-order valence-electron chi connectivity index (χ1n) is 7.57. The summed E-state index contributed by atoms with van der Waals surface area (Å²) in [5.74, 6) is 0. The molecule has 1 aromatic rings. The minimum Gasteiger partial charge on any atom is -0.324 e. The molecule has 0 radical (unpaired) electrons. The van der Waals surface area contributed by atoms with Crippen molar-refractivity contribution in [2.24, 2.45) is 0 Å². The van der Waals surface area contributed by atoms with Gasteiger partial charge in [-0.1, -0.05) is 18.2 Å². The molecule has 3 saturated heterocycles. The van der Waals surface area contributed by atoms with E-state index in [4.69, 9.17) is 0 Å². The number of para-hydroxylation sites is 1. The highest BCUT2D eigenvalue weighted by atomic mass is 31.2. The Morgan fingerprint density at radius 2 is 1.74 bits per heavy atom. The molecule has 0 spiro atoms. The van der Waals surface area contributed by atoms with Crippen LogP contribution in [-0.4, -0.2) is 41.6 Å². The van der Waals surface area contributed by atoms with Gasteiger partial charge in [0.25, 0.3) is 0 Å². The largest absolute Gasteiger partial charge is 0.324 e. The fourth-order valence-electron chi connectivity index (χ4n) is 3.66. The Morgan fingerprint density at radius 3 is 2.53 bits per heavy atom. The molecule has 3 nitrogen and oxygen atoms in total. The molecule has 102 valence electrons. The van der Waals surface area contributed by atoms with E-state index in [0.717, 1.165) is 6.04 Å². The third-order valence-electron chi connectivity index (χ3n) is 4.57. The fraction of sp³-hybridized carbons (Fsp3) is 0.600. The van der Waals surface area contributed by atoms with Gasteiger partial charge in [-0.05, 0) is 37.8 Å². The van der Waals surface area contributed by atoms with Crippen LogP contribution in [0.1, 0.15) is 25.7 Å². The molecule has 3 heterocycles. The van der Waals surface area contributed by atoms with Gasteiger partial charge in [-0.25, -0.2) is 4.67 Å². The number of benzene rings is 1. The molecule has 1 aromatic carbocycles. The summed E-state index contributed by atoms with van der Waals surface area (Å²) in [5, 5.41) is 0. The number of nitrogens with zero attached hydrogens (tertiary/aromatic N) is 3. The van der Waals surface area contributed by atoms with Crippen molar-refractivity contribution < 1.29 is 0 Å². The van der Waals surface area contributed by atoms with Crippen molar-refractivity contribution in [3.05, 3.63) is 30.3 Å². The molecule has 19 heavy (non-hydrogen) atoms. The summed E-state index contributed by atoms with van der Waals surface area (Å²) in [7, 11) is -0.226. The second-order valence-corrected chi connectivity index (χ2v) is 7.90. The average molecular weight is 275 g/mol. The quantitative estimate of drug-likeness (QED) is 0.767. The predicted molar refractivity (Wildman–Crippen MR) is 81.2 cm³/mol. The van der Waals surface area contributed by atoms with Crippen molar-refractivity contribution in [3.63, 3.8) is 0 Å². The minimum absolute atomic E-state index is 0.226. The SMILES string of the molecule is c1ccc(N2C[C@@H]3CCCN3[P@]2N2CCCC2)cc1. The van der Waals surface area contributed by atoms with Crippen molar-refractivity contribution in [2.75, 3.05) is 30.8 Å². The van der Waals surface area contributed by atoms with Crippen LogP contribution in [0.4, 0.5) is 5.69 Å². The first-order valence-corrected chi connectivity index (χ1v) is 8.77. The number of anilines is 1. The maximum Gasteiger partial charge on any atom is 0.149 e. The minimum atomic E-state index is -0.226. The Balaban J connectivity index is 1.65. The first-order chi connectivity index (χ1) is 9.43. The molecule has 0 bridgehead atoms. The molecule has 0 unspecified atom stereocenters. The Morgan fingerprint density at radius 1 is 0.947 bits per heavy atom. The topological polar surface area (TPSA) is 9.72 Å². The van der Waals surface area contributed by atoms with Crippen molar-refractivity contribution in [1.82, 2.24) is 9.34 Å². The lowest BCUT2D eigenvalue weighted by Crippen LogP contribution is -2.28. The maximum atomic E-state index is 2.81. The Kier molecular flexibility index (Phi) is 3.22. The van der Waals surface area contributed by atoms with Crippen LogP contribution in [0.15, 0.2) is 30.3 Å². The maximum absolute atomic E-state index is 2.81. The van der Waals surface area contributed by atoms with Crippen LogP contribution in [-0.2, 0) is 0 Å². The normalized spacial score (nSPS) is 32.1. The molecule has 3 aliphatic heterocycles. The van der Waals surface area contributed by atoms with E-state index in [1.165, 1.54) is 57.5 Å². The number of fused-ring (bicyclic) bond motifs is 1. The van der Waals surface area contributed by atoms with E-state index in [0.29, 0.717) is 0 Å². The Labute approximate surface area is 117 Å². The van der Waals surface area contributed by atoms with Crippen molar-refractivity contribution in [3.8, 4) is 0 Å². The lowest BCUT2D eigenvalue weighted by Gasteiger charge is -2.36. The molecule has 0 amide bonds. The third kappa shape index (κ3) is 2.08. The first kappa shape index (κ1) is 12.1. The van der Waals surface area contributed by atoms with Crippen LogP contribution in [0.2, 0.25) is 0 Å². The van der Waals surface area contributed by atoms with Gasteiger partial charge in [0.05, 0.1) is 0 Å². The molecular formula is C15H22N3P. The van der Waals surface area contributed by atoms with E-state index in [1.54, 1.807) is 0 Å². The molecular weight excluding hydrogens is 253 g/mol. The highest BCUT2D eigenvalue weighted by Gasteiger charge is 2.45. The predicted octanol–water partition coefficient (Wildman–Crippen LogP) is 3.29. The standard InChI is InChI=1S/C15H22N3P/c1-2-7-14(8-3-1)18-13-15-9-6-12-17(15)19(18)16-10-4-5-11-16/h1-3,7-8,15H,4-6,9-13H2/t15-,19-/m0/s1. The summed E-state index contributed by atoms with van der Waals surface area (Å²) in [6.45, 7) is 5.17. The van der Waals surface area contributed by atoms with Crippen LogP contribution in [0.5, 0.6) is 0 Å². The second kappa shape index (κ2) is 5.05. The van der Waals surface area contributed by atoms with Gasteiger partial charge in [0.15, 0.2) is 0 Å². The number of rotatable bonds is 2. The van der Waals surface area contributed by atoms with Crippen molar-refractivity contribution >= 4 is 14.1 Å². The Hall–Kier alpha value is -0.630. The van der Waals surface area contributed by atoms with Crippen LogP contribution in [0.3, 0.4) is 0 Å². The molecule has 0 saturated carbocycles. The molecule has 3 fully saturated rings. The summed E-state index contributed by atoms with van der Waals surface area (Å²) in [4.78, 5) is 0. The van der Waals surface area contributed by atoms with Gasteiger partial charge in [-0.15, -0.1) is 0 Å². The van der Waals surface area contributed by atoms with E-state index in [1.807, 2.05) is 0 Å². The zero-order chi connectivity index (χ0) is 12.7. The van der Waals surface area contributed by atoms with Crippen LogP contribution in [0.25, 0.3) is 0 Å². The van der Waals surface area contributed by atoms with Gasteiger partial charge in [0.2, 0.25) is 0 Å². The van der Waals surface area contributed by atoms with Gasteiger partial charge >= 0.3 is 0 Å². The average Bonchev–Trinajstić information content (AvgIpc) is 3.15. The number of hydrogen-bond acceptors (Lipinski definition) is 3. The molecule has 0 aliphatic carbocycles. The molecule has 0 aromatic heterocycles. The third-order valence-corrected chi connectivity index (χ3v) is 7.28. The highest BCUT2D eigenvalue weighted by molar-refractivity contribution is 7.54. The zero-order valence-electron chi connectivity index (χ0n) is 11.4. The zero-order valence-corrected chi connectivity index (χ0v) is 12.3. The fourth-order valence-corrected chi connectivity index (χ4v) is 6.68. The van der Waals surface area contributed by atoms with Crippen molar-refractivity contribution in [2.45, 2.75) is 31.7 Å². The molecule has 2 atom stereocenters. The summed E-state index contributed by atoms with van der Waals surface area (Å²) >= 11 is 0. The Bertz CT molecular complexity index is 432. The van der Waals surface area contributed by atoms with Crippen LogP contribution >= 0.6 is 8.37 Å². The summed E-state index contributed by atoms with van der Waals surface area (Å²) in [6, 6.07) is 11.9. The summed E-state index contributed by atoms with van der Waals surface area (Å²) in [5.41, 5.74) is 1.43. The molecule has 3 aliphatic rings.